The SMILES string of the molecule is CCCCCCCCCCC[C@H](CC(=O)N[C@@H](CCC(=O)O)CO[C@H]1O[C@H](CO)[C@@H](OP(=O)(O)O)[C@H](OC(=O)C[C@@H](CCCCCCCCCCC)OC(=O)CCCCCCCCC)[C@H]1NC(=O)C[C@@H](CCCCCCCCCCC)OC(=O)CCCCCCCCC)OC(=O)CCCCCCCCC.CCN(CC)CC. The number of carboxylic acid groups (broad SMARTS) is 1. The summed E-state index contributed by atoms with van der Waals surface area (Å²) in [6.45, 7) is 21.7. The van der Waals surface area contributed by atoms with E-state index >= 15 is 0 Å². The van der Waals surface area contributed by atoms with Crippen LogP contribution in [0.5, 0.6) is 0 Å². The van der Waals surface area contributed by atoms with Gasteiger partial charge in [-0.15, -0.1) is 0 Å². The quantitative estimate of drug-likeness (QED) is 0.0143. The van der Waals surface area contributed by atoms with Crippen LogP contribution < -0.4 is 10.6 Å². The third kappa shape index (κ3) is 64.3. The molecule has 1 rings (SSSR count). The molecule has 2 amide bonds. The number of carboxylic acids is 1. The van der Waals surface area contributed by atoms with Crippen LogP contribution in [0.15, 0.2) is 0 Å². The number of hydrogen-bond donors (Lipinski definition) is 6. The van der Waals surface area contributed by atoms with Crippen molar-refractivity contribution in [2.45, 2.75) is 496 Å². The molecule has 0 aromatic carbocycles. The molecule has 1 fully saturated rings. The van der Waals surface area contributed by atoms with E-state index in [1.165, 1.54) is 77.4 Å². The van der Waals surface area contributed by atoms with Crippen LogP contribution >= 0.6 is 7.82 Å². The van der Waals surface area contributed by atoms with Crippen molar-refractivity contribution in [1.82, 2.24) is 15.5 Å². The Bertz CT molecular complexity index is 2310. The van der Waals surface area contributed by atoms with E-state index in [9.17, 15) is 58.1 Å². The average Bonchev–Trinajstić information content (AvgIpc) is 0.780. The number of amides is 2. The van der Waals surface area contributed by atoms with Gasteiger partial charge in [0.1, 0.15) is 36.6 Å². The fourth-order valence-electron chi connectivity index (χ4n) is 14.5. The molecule has 0 bridgehead atoms. The van der Waals surface area contributed by atoms with Gasteiger partial charge < -0.3 is 64.0 Å². The highest BCUT2D eigenvalue weighted by Crippen LogP contribution is 2.43. The minimum Gasteiger partial charge on any atom is -0.481 e. The maximum atomic E-state index is 14.9. The molecule has 0 aromatic rings. The van der Waals surface area contributed by atoms with E-state index in [-0.39, 0.29) is 32.1 Å². The number of hydrogen-bond acceptors (Lipinski definition) is 17. The van der Waals surface area contributed by atoms with Gasteiger partial charge in [0, 0.05) is 25.7 Å². The van der Waals surface area contributed by atoms with Crippen LogP contribution in [0.2, 0.25) is 0 Å². The first-order valence-corrected chi connectivity index (χ1v) is 47.6. The van der Waals surface area contributed by atoms with Crippen molar-refractivity contribution in [3.05, 3.63) is 0 Å². The monoisotopic (exact) mass is 1620 g/mol. The standard InChI is InChI=1S/C83H155N2O19P.C6H15N/c1-7-13-19-25-31-34-40-43-49-55-69(99-76(91)58-52-46-37-28-22-16-10-4)63-73(87)84-68(61-62-75(89)90)67-98-83-80(85-74(88)64-70(56-50-44-41-35-32-26-20-14-8-2)100-77(92)59-53-47-38-29-23-17-11-5)82(81(72(66-86)102-83)104-105(95,96)97)103-79(94)65-71(57-51-45-42-36-33-27-21-15-9-3)101-78(93)60-54-48-39-30-24-18-12-6;1-4-7(5-2)6-3/h68-72,80-83,86H,7-67H2,1-6H3,(H,84,87)(H,85,88)(H,89,90)(H2,95,96,97);4-6H2,1-3H3/t68-,69+,70+,71+,72+,80+,81+,82+,83-;/m0./s1. The van der Waals surface area contributed by atoms with Crippen LogP contribution in [0, 0.1) is 0 Å². The number of nitrogens with zero attached hydrogens (tertiary/aromatic N) is 1. The second-order valence-electron chi connectivity index (χ2n) is 31.9. The van der Waals surface area contributed by atoms with Crippen molar-refractivity contribution in [2.75, 3.05) is 32.8 Å². The van der Waals surface area contributed by atoms with Gasteiger partial charge in [0.05, 0.1) is 38.5 Å². The third-order valence-electron chi connectivity index (χ3n) is 21.5. The number of aliphatic carboxylic acids is 1. The molecule has 0 spiro atoms. The predicted molar refractivity (Wildman–Crippen MR) is 450 cm³/mol. The lowest BCUT2D eigenvalue weighted by atomic mass is 9.95. The number of aliphatic hydroxyl groups is 1. The topological polar surface area (TPSA) is 309 Å². The lowest BCUT2D eigenvalue weighted by Crippen LogP contribution is -2.66. The highest BCUT2D eigenvalue weighted by atomic mass is 31.2. The lowest BCUT2D eigenvalue weighted by molar-refractivity contribution is -0.272. The van der Waals surface area contributed by atoms with E-state index < -0.39 is 137 Å². The minimum absolute atomic E-state index is 0.135. The number of aliphatic hydroxyl groups excluding tert-OH is 1. The van der Waals surface area contributed by atoms with Gasteiger partial charge in [-0.2, -0.15) is 0 Å². The van der Waals surface area contributed by atoms with Crippen LogP contribution in [0.3, 0.4) is 0 Å². The van der Waals surface area contributed by atoms with E-state index in [2.05, 4.69) is 77.8 Å². The highest BCUT2D eigenvalue weighted by Gasteiger charge is 2.52. The van der Waals surface area contributed by atoms with Gasteiger partial charge in [0.2, 0.25) is 11.8 Å². The molecule has 0 aliphatic carbocycles. The Kier molecular flexibility index (Phi) is 73.4. The molecule has 112 heavy (non-hydrogen) atoms. The maximum absolute atomic E-state index is 14.9. The van der Waals surface area contributed by atoms with Crippen molar-refractivity contribution in [2.24, 2.45) is 0 Å². The van der Waals surface area contributed by atoms with Crippen LogP contribution in [-0.4, -0.2) is 154 Å². The summed E-state index contributed by atoms with van der Waals surface area (Å²) in [5.41, 5.74) is 0. The Morgan fingerprint density at radius 1 is 0.393 bits per heavy atom. The number of nitrogens with one attached hydrogen (secondary N) is 2. The number of ether oxygens (including phenoxy) is 6. The Morgan fingerprint density at radius 2 is 0.705 bits per heavy atom. The third-order valence-corrected chi connectivity index (χ3v) is 22.0. The molecule has 9 atom stereocenters. The molecule has 1 heterocycles. The summed E-state index contributed by atoms with van der Waals surface area (Å²) >= 11 is 0. The van der Waals surface area contributed by atoms with Crippen molar-refractivity contribution in [3.63, 3.8) is 0 Å². The van der Waals surface area contributed by atoms with E-state index in [1.54, 1.807) is 0 Å². The number of unbranched alkanes of at least 4 members (excludes halogenated alkanes) is 42. The molecule has 0 saturated carbocycles. The second-order valence-corrected chi connectivity index (χ2v) is 33.1. The molecule has 660 valence electrons. The van der Waals surface area contributed by atoms with Crippen molar-refractivity contribution < 1.29 is 91.1 Å². The van der Waals surface area contributed by atoms with Gasteiger partial charge in [0.25, 0.3) is 0 Å². The number of carbonyl (C=O) groups is 7. The summed E-state index contributed by atoms with van der Waals surface area (Å²) < 4.78 is 55.6. The lowest BCUT2D eigenvalue weighted by Gasteiger charge is -2.45. The van der Waals surface area contributed by atoms with Crippen molar-refractivity contribution >= 4 is 49.5 Å². The number of esters is 4. The summed E-state index contributed by atoms with van der Waals surface area (Å²) in [4.78, 5) is 120. The first-order valence-electron chi connectivity index (χ1n) is 46.1. The summed E-state index contributed by atoms with van der Waals surface area (Å²) in [5, 5.41) is 26.8. The summed E-state index contributed by atoms with van der Waals surface area (Å²) in [5.74, 6) is -4.82. The van der Waals surface area contributed by atoms with E-state index in [0.717, 1.165) is 212 Å². The molecular weight excluding hydrogens is 1450 g/mol. The number of carbonyl (C=O) groups excluding carboxylic acids is 6. The fraction of sp³-hybridized carbons (Fsp3) is 0.921. The molecule has 0 radical (unpaired) electrons. The van der Waals surface area contributed by atoms with Crippen molar-refractivity contribution in [1.29, 1.82) is 0 Å². The average molecular weight is 1620 g/mol. The molecule has 23 heteroatoms. The minimum atomic E-state index is -5.55. The summed E-state index contributed by atoms with van der Waals surface area (Å²) in [7, 11) is -5.55. The Morgan fingerprint density at radius 3 is 1.01 bits per heavy atom. The zero-order valence-electron chi connectivity index (χ0n) is 72.8. The van der Waals surface area contributed by atoms with Gasteiger partial charge in [-0.25, -0.2) is 4.57 Å². The second kappa shape index (κ2) is 76.0. The molecular formula is C89H170N3O19P. The number of rotatable bonds is 78. The zero-order chi connectivity index (χ0) is 82.9. The van der Waals surface area contributed by atoms with Crippen molar-refractivity contribution in [3.8, 4) is 0 Å². The maximum Gasteiger partial charge on any atom is 0.470 e. The normalized spacial score (nSPS) is 16.7. The Hall–Kier alpha value is -3.76. The molecule has 0 aromatic heterocycles. The molecule has 1 aliphatic rings. The zero-order valence-corrected chi connectivity index (χ0v) is 73.7. The number of phosphoric acid groups is 1. The van der Waals surface area contributed by atoms with Gasteiger partial charge in [-0.1, -0.05) is 332 Å². The van der Waals surface area contributed by atoms with E-state index in [1.807, 2.05) is 0 Å². The largest absolute Gasteiger partial charge is 0.481 e. The van der Waals surface area contributed by atoms with Gasteiger partial charge >= 0.3 is 37.7 Å². The van der Waals surface area contributed by atoms with Crippen LogP contribution in [-0.2, 0) is 71.1 Å². The summed E-state index contributed by atoms with van der Waals surface area (Å²) in [6.07, 6.45) is 38.7. The molecule has 1 saturated heterocycles. The van der Waals surface area contributed by atoms with E-state index in [4.69, 9.17) is 32.9 Å². The van der Waals surface area contributed by atoms with Gasteiger partial charge in [0.15, 0.2) is 12.4 Å². The highest BCUT2D eigenvalue weighted by molar-refractivity contribution is 7.46. The van der Waals surface area contributed by atoms with E-state index in [0.29, 0.717) is 57.8 Å². The van der Waals surface area contributed by atoms with Gasteiger partial charge in [-0.05, 0) is 83.8 Å². The molecule has 0 unspecified atom stereocenters. The molecule has 22 nitrogen and oxygen atoms in total. The van der Waals surface area contributed by atoms with Crippen LogP contribution in [0.4, 0.5) is 0 Å². The Labute approximate surface area is 681 Å². The Balaban J connectivity index is 0.0000167. The molecule has 6 N–H and O–H groups in total. The van der Waals surface area contributed by atoms with Crippen LogP contribution in [0.1, 0.15) is 441 Å². The van der Waals surface area contributed by atoms with Crippen LogP contribution in [0.25, 0.3) is 0 Å². The predicted octanol–water partition coefficient (Wildman–Crippen LogP) is 21.4. The summed E-state index contributed by atoms with van der Waals surface area (Å²) in [6, 6.07) is -2.78. The first-order chi connectivity index (χ1) is 54.2. The smallest absolute Gasteiger partial charge is 0.470 e. The molecule has 1 aliphatic heterocycles. The van der Waals surface area contributed by atoms with Gasteiger partial charge in [-0.3, -0.25) is 38.1 Å². The fourth-order valence-corrected chi connectivity index (χ4v) is 15.1. The first kappa shape index (κ1) is 108. The number of phosphoric ester groups is 1.